The summed E-state index contributed by atoms with van der Waals surface area (Å²) >= 11 is 1.44. The quantitative estimate of drug-likeness (QED) is 0.319. The number of hydrogen-bond donors (Lipinski definition) is 0. The molecule has 0 unspecified atom stereocenters. The van der Waals surface area contributed by atoms with E-state index in [1.54, 1.807) is 11.9 Å². The first kappa shape index (κ1) is 22.4. The number of hydrogen-bond acceptors (Lipinski definition) is 4. The summed E-state index contributed by atoms with van der Waals surface area (Å²) in [5.74, 6) is -0.0390. The molecule has 0 aliphatic heterocycles. The average Bonchev–Trinajstić information content (AvgIpc) is 3.37. The van der Waals surface area contributed by atoms with Crippen molar-refractivity contribution in [2.75, 3.05) is 11.9 Å². The molecule has 0 fully saturated rings. The summed E-state index contributed by atoms with van der Waals surface area (Å²) in [4.78, 5) is 19.7. The predicted molar refractivity (Wildman–Crippen MR) is 135 cm³/mol. The third-order valence-corrected chi connectivity index (χ3v) is 6.70. The van der Waals surface area contributed by atoms with E-state index in [2.05, 4.69) is 18.2 Å². The number of thiazole rings is 1. The number of anilines is 1. The molecule has 0 spiro atoms. The van der Waals surface area contributed by atoms with Crippen molar-refractivity contribution in [3.63, 3.8) is 0 Å². The maximum absolute atomic E-state index is 13.3. The second-order valence-electron chi connectivity index (χ2n) is 7.95. The lowest BCUT2D eigenvalue weighted by Gasteiger charge is -2.21. The van der Waals surface area contributed by atoms with Gasteiger partial charge in [0.25, 0.3) is 0 Å². The molecule has 164 valence electrons. The highest BCUT2D eigenvalue weighted by molar-refractivity contribution is 7.14. The Morgan fingerprint density at radius 1 is 1.03 bits per heavy atom. The van der Waals surface area contributed by atoms with Gasteiger partial charge >= 0.3 is 0 Å². The summed E-state index contributed by atoms with van der Waals surface area (Å²) in [6.45, 7) is 2.05. The standard InChI is InChI=1S/C28H25N3OS/c1-3-22(16-20-10-6-4-7-11-20)27(32)31(2)28-30-26(19-33-28)25-17-21(18-29)14-15-24(25)23-12-8-5-9-13-23/h4-15,17,19,22H,3,16H2,1-2H3/t22-/m1/s1. The van der Waals surface area contributed by atoms with Crippen molar-refractivity contribution in [3.8, 4) is 28.5 Å². The Balaban J connectivity index is 1.62. The van der Waals surface area contributed by atoms with Crippen LogP contribution in [-0.4, -0.2) is 17.9 Å². The van der Waals surface area contributed by atoms with Gasteiger partial charge in [-0.2, -0.15) is 5.26 Å². The van der Waals surface area contributed by atoms with Crippen LogP contribution in [0, 0.1) is 17.2 Å². The zero-order valence-corrected chi connectivity index (χ0v) is 19.5. The van der Waals surface area contributed by atoms with Crippen LogP contribution in [0.3, 0.4) is 0 Å². The minimum absolute atomic E-state index is 0.0660. The van der Waals surface area contributed by atoms with Crippen LogP contribution in [0.4, 0.5) is 5.13 Å². The third kappa shape index (κ3) is 5.02. The normalized spacial score (nSPS) is 11.5. The minimum Gasteiger partial charge on any atom is -0.291 e. The Morgan fingerprint density at radius 3 is 2.39 bits per heavy atom. The van der Waals surface area contributed by atoms with Gasteiger partial charge in [0.05, 0.1) is 17.3 Å². The van der Waals surface area contributed by atoms with E-state index >= 15 is 0 Å². The summed E-state index contributed by atoms with van der Waals surface area (Å²) in [7, 11) is 1.79. The van der Waals surface area contributed by atoms with Gasteiger partial charge in [-0.25, -0.2) is 4.98 Å². The maximum atomic E-state index is 13.3. The molecule has 0 saturated heterocycles. The van der Waals surface area contributed by atoms with E-state index in [1.807, 2.05) is 79.0 Å². The molecule has 1 aromatic heterocycles. The average molecular weight is 452 g/mol. The zero-order valence-electron chi connectivity index (χ0n) is 18.7. The predicted octanol–water partition coefficient (Wildman–Crippen LogP) is 6.58. The summed E-state index contributed by atoms with van der Waals surface area (Å²) in [5.41, 5.74) is 5.46. The highest BCUT2D eigenvalue weighted by atomic mass is 32.1. The molecule has 0 saturated carbocycles. The van der Waals surface area contributed by atoms with Crippen LogP contribution in [0.2, 0.25) is 0 Å². The highest BCUT2D eigenvalue weighted by Gasteiger charge is 2.24. The van der Waals surface area contributed by atoms with Crippen molar-refractivity contribution in [1.29, 1.82) is 5.26 Å². The molecule has 3 aromatic carbocycles. The van der Waals surface area contributed by atoms with Crippen LogP contribution >= 0.6 is 11.3 Å². The Kier molecular flexibility index (Phi) is 6.97. The molecule has 4 nitrogen and oxygen atoms in total. The molecule has 0 aliphatic rings. The van der Waals surface area contributed by atoms with E-state index in [-0.39, 0.29) is 11.8 Å². The first-order chi connectivity index (χ1) is 16.1. The second kappa shape index (κ2) is 10.2. The van der Waals surface area contributed by atoms with Crippen molar-refractivity contribution in [2.24, 2.45) is 5.92 Å². The molecule has 1 heterocycles. The van der Waals surface area contributed by atoms with E-state index in [1.165, 1.54) is 11.3 Å². The van der Waals surface area contributed by atoms with Crippen molar-refractivity contribution in [2.45, 2.75) is 19.8 Å². The zero-order chi connectivity index (χ0) is 23.2. The van der Waals surface area contributed by atoms with E-state index in [0.29, 0.717) is 17.1 Å². The first-order valence-corrected chi connectivity index (χ1v) is 11.9. The molecule has 5 heteroatoms. The lowest BCUT2D eigenvalue weighted by molar-refractivity contribution is -0.122. The summed E-state index contributed by atoms with van der Waals surface area (Å²) in [6, 6.07) is 28.0. The fourth-order valence-corrected chi connectivity index (χ4v) is 4.71. The van der Waals surface area contributed by atoms with Crippen LogP contribution in [0.5, 0.6) is 0 Å². The fourth-order valence-electron chi connectivity index (χ4n) is 3.91. The van der Waals surface area contributed by atoms with Crippen molar-refractivity contribution in [1.82, 2.24) is 4.98 Å². The molecule has 0 bridgehead atoms. The van der Waals surface area contributed by atoms with Gasteiger partial charge in [-0.1, -0.05) is 73.7 Å². The maximum Gasteiger partial charge on any atom is 0.231 e. The monoisotopic (exact) mass is 451 g/mol. The van der Waals surface area contributed by atoms with Crippen molar-refractivity contribution >= 4 is 22.4 Å². The molecular formula is C28H25N3OS. The van der Waals surface area contributed by atoms with E-state index in [4.69, 9.17) is 4.98 Å². The van der Waals surface area contributed by atoms with Gasteiger partial charge in [-0.15, -0.1) is 11.3 Å². The number of amides is 1. The highest BCUT2D eigenvalue weighted by Crippen LogP contribution is 2.35. The Hall–Kier alpha value is -3.75. The molecule has 1 atom stereocenters. The van der Waals surface area contributed by atoms with Crippen molar-refractivity contribution in [3.05, 3.63) is 95.4 Å². The molecule has 33 heavy (non-hydrogen) atoms. The first-order valence-electron chi connectivity index (χ1n) is 11.0. The summed E-state index contributed by atoms with van der Waals surface area (Å²) in [5, 5.41) is 12.0. The number of nitrogens with zero attached hydrogens (tertiary/aromatic N) is 3. The molecule has 0 radical (unpaired) electrons. The van der Waals surface area contributed by atoms with Crippen LogP contribution in [0.1, 0.15) is 24.5 Å². The lowest BCUT2D eigenvalue weighted by atomic mass is 9.95. The van der Waals surface area contributed by atoms with Crippen LogP contribution < -0.4 is 4.90 Å². The van der Waals surface area contributed by atoms with E-state index in [0.717, 1.165) is 34.4 Å². The number of carbonyl (C=O) groups excluding carboxylic acids is 1. The number of rotatable bonds is 7. The third-order valence-electron chi connectivity index (χ3n) is 5.79. The molecule has 1 amide bonds. The van der Waals surface area contributed by atoms with E-state index in [9.17, 15) is 10.1 Å². The minimum atomic E-state index is -0.105. The van der Waals surface area contributed by atoms with Gasteiger partial charge in [-0.05, 0) is 41.7 Å². The van der Waals surface area contributed by atoms with Gasteiger partial charge in [0, 0.05) is 23.9 Å². The van der Waals surface area contributed by atoms with Crippen LogP contribution in [0.25, 0.3) is 22.4 Å². The fraction of sp³-hybridized carbons (Fsp3) is 0.179. The van der Waals surface area contributed by atoms with Gasteiger partial charge in [0.15, 0.2) is 5.13 Å². The lowest BCUT2D eigenvalue weighted by Crippen LogP contribution is -2.33. The summed E-state index contributed by atoms with van der Waals surface area (Å²) in [6.07, 6.45) is 1.47. The molecule has 4 aromatic rings. The Labute approximate surface area is 198 Å². The topological polar surface area (TPSA) is 57.0 Å². The summed E-state index contributed by atoms with van der Waals surface area (Å²) < 4.78 is 0. The SMILES string of the molecule is CC[C@H](Cc1ccccc1)C(=O)N(C)c1nc(-c2cc(C#N)ccc2-c2ccccc2)cs1. The smallest absolute Gasteiger partial charge is 0.231 e. The Morgan fingerprint density at radius 2 is 1.73 bits per heavy atom. The van der Waals surface area contributed by atoms with Gasteiger partial charge < -0.3 is 0 Å². The van der Waals surface area contributed by atoms with Crippen molar-refractivity contribution < 1.29 is 4.79 Å². The molecular weight excluding hydrogens is 426 g/mol. The number of aromatic nitrogens is 1. The number of nitriles is 1. The second-order valence-corrected chi connectivity index (χ2v) is 8.78. The number of benzene rings is 3. The van der Waals surface area contributed by atoms with Gasteiger partial charge in [0.2, 0.25) is 5.91 Å². The molecule has 0 aliphatic carbocycles. The molecule has 4 rings (SSSR count). The van der Waals surface area contributed by atoms with Crippen LogP contribution in [-0.2, 0) is 11.2 Å². The van der Waals surface area contributed by atoms with Gasteiger partial charge in [0.1, 0.15) is 0 Å². The van der Waals surface area contributed by atoms with E-state index < -0.39 is 0 Å². The van der Waals surface area contributed by atoms with Crippen LogP contribution in [0.15, 0.2) is 84.2 Å². The Bertz CT molecular complexity index is 1280. The number of carbonyl (C=O) groups is 1. The van der Waals surface area contributed by atoms with Gasteiger partial charge in [-0.3, -0.25) is 9.69 Å². The molecule has 0 N–H and O–H groups in total. The largest absolute Gasteiger partial charge is 0.291 e.